The summed E-state index contributed by atoms with van der Waals surface area (Å²) in [5.41, 5.74) is 3.37. The van der Waals surface area contributed by atoms with Crippen molar-refractivity contribution >= 4 is 11.8 Å². The van der Waals surface area contributed by atoms with E-state index in [1.54, 1.807) is 18.9 Å². The number of rotatable bonds is 7. The molecule has 0 aliphatic carbocycles. The second kappa shape index (κ2) is 9.59. The van der Waals surface area contributed by atoms with Gasteiger partial charge in [0.1, 0.15) is 11.8 Å². The molecular formula is C24H32N2O3. The molecule has 0 aromatic heterocycles. The Morgan fingerprint density at radius 1 is 1.03 bits per heavy atom. The van der Waals surface area contributed by atoms with E-state index in [1.807, 2.05) is 55.5 Å². The van der Waals surface area contributed by atoms with Crippen LogP contribution in [0.4, 0.5) is 0 Å². The zero-order valence-electron chi connectivity index (χ0n) is 18.3. The molecule has 1 N–H and O–H groups in total. The van der Waals surface area contributed by atoms with Gasteiger partial charge in [-0.2, -0.15) is 0 Å². The number of nitrogens with one attached hydrogen (secondary N) is 1. The molecule has 0 fully saturated rings. The summed E-state index contributed by atoms with van der Waals surface area (Å²) in [6.07, 6.45) is 0. The van der Waals surface area contributed by atoms with Crippen LogP contribution in [-0.4, -0.2) is 36.4 Å². The summed E-state index contributed by atoms with van der Waals surface area (Å²) in [5.74, 6) is 0.191. The minimum absolute atomic E-state index is 0.0577. The number of benzene rings is 2. The average Bonchev–Trinajstić information content (AvgIpc) is 2.70. The molecule has 0 aliphatic heterocycles. The molecular weight excluding hydrogens is 364 g/mol. The van der Waals surface area contributed by atoms with E-state index in [2.05, 4.69) is 26.1 Å². The molecule has 1 atom stereocenters. The summed E-state index contributed by atoms with van der Waals surface area (Å²) in [7, 11) is 1.57. The van der Waals surface area contributed by atoms with Crippen LogP contribution < -0.4 is 10.1 Å². The SMILES string of the molecule is CNC(=O)[C@@H](C)N(Cc1ccc(C)cc1)C(=O)COc1ccc(C(C)(C)C)cc1. The van der Waals surface area contributed by atoms with E-state index in [-0.39, 0.29) is 23.8 Å². The van der Waals surface area contributed by atoms with Gasteiger partial charge in [0.25, 0.3) is 5.91 Å². The van der Waals surface area contributed by atoms with E-state index in [0.717, 1.165) is 11.1 Å². The quantitative estimate of drug-likeness (QED) is 0.774. The largest absolute Gasteiger partial charge is 0.484 e. The van der Waals surface area contributed by atoms with Crippen LogP contribution in [0.3, 0.4) is 0 Å². The van der Waals surface area contributed by atoms with E-state index in [4.69, 9.17) is 4.74 Å². The molecule has 0 heterocycles. The van der Waals surface area contributed by atoms with Crippen LogP contribution in [0, 0.1) is 6.92 Å². The lowest BCUT2D eigenvalue weighted by atomic mass is 9.87. The number of likely N-dealkylation sites (N-methyl/N-ethyl adjacent to an activating group) is 1. The van der Waals surface area contributed by atoms with Gasteiger partial charge < -0.3 is 15.0 Å². The maximum absolute atomic E-state index is 12.9. The number of hydrogen-bond acceptors (Lipinski definition) is 3. The van der Waals surface area contributed by atoms with Gasteiger partial charge in [0.15, 0.2) is 6.61 Å². The van der Waals surface area contributed by atoms with Crippen LogP contribution in [-0.2, 0) is 21.5 Å². The lowest BCUT2D eigenvalue weighted by Gasteiger charge is -2.28. The van der Waals surface area contributed by atoms with E-state index in [0.29, 0.717) is 12.3 Å². The average molecular weight is 397 g/mol. The monoisotopic (exact) mass is 396 g/mol. The highest BCUT2D eigenvalue weighted by molar-refractivity contribution is 5.87. The maximum Gasteiger partial charge on any atom is 0.261 e. The Hall–Kier alpha value is -2.82. The van der Waals surface area contributed by atoms with Crippen LogP contribution >= 0.6 is 0 Å². The van der Waals surface area contributed by atoms with Crippen molar-refractivity contribution in [1.29, 1.82) is 0 Å². The molecule has 0 bridgehead atoms. The standard InChI is InChI=1S/C24H32N2O3/c1-17-7-9-19(10-8-17)15-26(18(2)23(28)25-6)22(27)16-29-21-13-11-20(12-14-21)24(3,4)5/h7-14,18H,15-16H2,1-6H3,(H,25,28)/t18-/m1/s1. The Labute approximate surface area is 174 Å². The van der Waals surface area contributed by atoms with Crippen molar-refractivity contribution in [3.8, 4) is 5.75 Å². The van der Waals surface area contributed by atoms with E-state index in [1.165, 1.54) is 5.56 Å². The van der Waals surface area contributed by atoms with E-state index >= 15 is 0 Å². The van der Waals surface area contributed by atoms with Crippen molar-refractivity contribution in [2.75, 3.05) is 13.7 Å². The van der Waals surface area contributed by atoms with Gasteiger partial charge in [0.05, 0.1) is 0 Å². The van der Waals surface area contributed by atoms with Gasteiger partial charge in [-0.05, 0) is 42.5 Å². The van der Waals surface area contributed by atoms with E-state index < -0.39 is 6.04 Å². The fraction of sp³-hybridized carbons (Fsp3) is 0.417. The molecule has 0 unspecified atom stereocenters. The molecule has 0 spiro atoms. The molecule has 29 heavy (non-hydrogen) atoms. The fourth-order valence-corrected chi connectivity index (χ4v) is 2.96. The summed E-state index contributed by atoms with van der Waals surface area (Å²) in [6.45, 7) is 10.4. The Bertz CT molecular complexity index is 821. The second-order valence-electron chi connectivity index (χ2n) is 8.36. The third-order valence-electron chi connectivity index (χ3n) is 4.97. The molecule has 0 radical (unpaired) electrons. The van der Waals surface area contributed by atoms with Crippen LogP contribution in [0.15, 0.2) is 48.5 Å². The minimum atomic E-state index is -0.597. The third kappa shape index (κ3) is 6.34. The van der Waals surface area contributed by atoms with Crippen LogP contribution in [0.1, 0.15) is 44.4 Å². The Morgan fingerprint density at radius 2 is 1.62 bits per heavy atom. The van der Waals surface area contributed by atoms with Gasteiger partial charge in [-0.3, -0.25) is 9.59 Å². The van der Waals surface area contributed by atoms with Crippen LogP contribution in [0.25, 0.3) is 0 Å². The van der Waals surface area contributed by atoms with Gasteiger partial charge in [-0.15, -0.1) is 0 Å². The number of aryl methyl sites for hydroxylation is 1. The molecule has 0 saturated heterocycles. The zero-order valence-corrected chi connectivity index (χ0v) is 18.3. The van der Waals surface area contributed by atoms with Crippen molar-refractivity contribution in [2.45, 2.75) is 52.6 Å². The Kier molecular flexibility index (Phi) is 7.43. The zero-order chi connectivity index (χ0) is 21.6. The van der Waals surface area contributed by atoms with Crippen molar-refractivity contribution in [3.05, 3.63) is 65.2 Å². The highest BCUT2D eigenvalue weighted by Crippen LogP contribution is 2.24. The smallest absolute Gasteiger partial charge is 0.261 e. The van der Waals surface area contributed by atoms with Gasteiger partial charge in [0, 0.05) is 13.6 Å². The van der Waals surface area contributed by atoms with Gasteiger partial charge >= 0.3 is 0 Å². The second-order valence-corrected chi connectivity index (χ2v) is 8.36. The number of carbonyl (C=O) groups is 2. The first-order chi connectivity index (χ1) is 13.6. The molecule has 2 amide bonds. The summed E-state index contributed by atoms with van der Waals surface area (Å²) < 4.78 is 5.71. The first kappa shape index (κ1) is 22.5. The first-order valence-electron chi connectivity index (χ1n) is 9.91. The van der Waals surface area contributed by atoms with Gasteiger partial charge in [0.2, 0.25) is 5.91 Å². The number of amides is 2. The molecule has 0 saturated carbocycles. The lowest BCUT2D eigenvalue weighted by molar-refractivity contribution is -0.142. The normalized spacial score (nSPS) is 12.2. The number of carbonyl (C=O) groups excluding carboxylic acids is 2. The van der Waals surface area contributed by atoms with Crippen LogP contribution in [0.2, 0.25) is 0 Å². The molecule has 2 aromatic carbocycles. The van der Waals surface area contributed by atoms with Crippen LogP contribution in [0.5, 0.6) is 5.75 Å². The topological polar surface area (TPSA) is 58.6 Å². The number of nitrogens with zero attached hydrogens (tertiary/aromatic N) is 1. The maximum atomic E-state index is 12.9. The Balaban J connectivity index is 2.10. The number of hydrogen-bond donors (Lipinski definition) is 1. The Morgan fingerprint density at radius 3 is 2.14 bits per heavy atom. The third-order valence-corrected chi connectivity index (χ3v) is 4.97. The molecule has 5 heteroatoms. The lowest BCUT2D eigenvalue weighted by Crippen LogP contribution is -2.48. The van der Waals surface area contributed by atoms with Crippen molar-refractivity contribution in [1.82, 2.24) is 10.2 Å². The molecule has 2 rings (SSSR count). The van der Waals surface area contributed by atoms with Gasteiger partial charge in [-0.25, -0.2) is 0 Å². The highest BCUT2D eigenvalue weighted by atomic mass is 16.5. The minimum Gasteiger partial charge on any atom is -0.484 e. The molecule has 156 valence electrons. The highest BCUT2D eigenvalue weighted by Gasteiger charge is 2.26. The molecule has 0 aliphatic rings. The van der Waals surface area contributed by atoms with Crippen molar-refractivity contribution < 1.29 is 14.3 Å². The summed E-state index contributed by atoms with van der Waals surface area (Å²) in [6, 6.07) is 15.1. The predicted octanol–water partition coefficient (Wildman–Crippen LogP) is 3.83. The predicted molar refractivity (Wildman–Crippen MR) is 116 cm³/mol. The summed E-state index contributed by atoms with van der Waals surface area (Å²) >= 11 is 0. The fourth-order valence-electron chi connectivity index (χ4n) is 2.96. The number of ether oxygens (including phenoxy) is 1. The molecule has 5 nitrogen and oxygen atoms in total. The van der Waals surface area contributed by atoms with Crippen molar-refractivity contribution in [3.63, 3.8) is 0 Å². The molecule has 2 aromatic rings. The first-order valence-corrected chi connectivity index (χ1v) is 9.91. The van der Waals surface area contributed by atoms with E-state index in [9.17, 15) is 9.59 Å². The van der Waals surface area contributed by atoms with Gasteiger partial charge in [-0.1, -0.05) is 62.7 Å². The summed E-state index contributed by atoms with van der Waals surface area (Å²) in [5, 5.41) is 2.62. The summed E-state index contributed by atoms with van der Waals surface area (Å²) in [4.78, 5) is 26.6. The van der Waals surface area contributed by atoms with Crippen molar-refractivity contribution in [2.24, 2.45) is 0 Å².